The molecule has 9 nitrogen and oxygen atoms in total. The van der Waals surface area contributed by atoms with Crippen LogP contribution in [0.15, 0.2) is 54.9 Å². The molecule has 0 saturated heterocycles. The van der Waals surface area contributed by atoms with Gasteiger partial charge in [0.05, 0.1) is 23.9 Å². The van der Waals surface area contributed by atoms with Crippen molar-refractivity contribution in [3.05, 3.63) is 60.6 Å². The van der Waals surface area contributed by atoms with E-state index in [0.29, 0.717) is 12.1 Å². The molecule has 2 aromatic heterocycles. The molecular weight excluding hydrogens is 496 g/mol. The van der Waals surface area contributed by atoms with E-state index in [1.807, 2.05) is 43.4 Å². The number of aryl methyl sites for hydroxylation is 1. The van der Waals surface area contributed by atoms with Gasteiger partial charge < -0.3 is 14.4 Å². The van der Waals surface area contributed by atoms with Crippen molar-refractivity contribution in [1.82, 2.24) is 19.7 Å². The molecule has 0 fully saturated rings. The van der Waals surface area contributed by atoms with Gasteiger partial charge in [-0.05, 0) is 42.5 Å². The highest BCUT2D eigenvalue weighted by Crippen LogP contribution is 2.30. The number of hydrogen-bond acceptors (Lipinski definition) is 7. The van der Waals surface area contributed by atoms with Gasteiger partial charge >= 0.3 is 6.61 Å². The van der Waals surface area contributed by atoms with Crippen LogP contribution in [0.25, 0.3) is 10.9 Å². The van der Waals surface area contributed by atoms with Gasteiger partial charge in [0.2, 0.25) is 12.3 Å². The minimum absolute atomic E-state index is 0.0265. The first-order valence-electron chi connectivity index (χ1n) is 10.9. The maximum absolute atomic E-state index is 12.7. The highest BCUT2D eigenvalue weighted by Gasteiger charge is 2.20. The second-order valence-corrected chi connectivity index (χ2v) is 7.93. The summed E-state index contributed by atoms with van der Waals surface area (Å²) >= 11 is 0. The number of halogens is 4. The number of amides is 1. The molecule has 0 radical (unpaired) electrons. The van der Waals surface area contributed by atoms with Crippen LogP contribution in [0.3, 0.4) is 0 Å². The van der Waals surface area contributed by atoms with Gasteiger partial charge in [0.25, 0.3) is 6.43 Å². The van der Waals surface area contributed by atoms with Crippen molar-refractivity contribution in [1.29, 1.82) is 0 Å². The number of carbonyl (C=O) groups is 1. The zero-order valence-electron chi connectivity index (χ0n) is 19.8. The molecule has 0 unspecified atom stereocenters. The SMILES string of the molecule is CN(Cc1ncc(OCC(F)F)nc1N(C=O)c1ccc(OC(F)F)cc1)c1ccc2nn(C)cc2c1. The number of ether oxygens (including phenoxy) is 2. The van der Waals surface area contributed by atoms with E-state index in [1.165, 1.54) is 30.5 Å². The van der Waals surface area contributed by atoms with Crippen LogP contribution >= 0.6 is 0 Å². The van der Waals surface area contributed by atoms with Crippen LogP contribution in [0.1, 0.15) is 5.69 Å². The summed E-state index contributed by atoms with van der Waals surface area (Å²) in [6.45, 7) is -3.73. The normalized spacial score (nSPS) is 11.2. The van der Waals surface area contributed by atoms with Gasteiger partial charge in [-0.15, -0.1) is 0 Å². The molecule has 0 spiro atoms. The molecule has 0 N–H and O–H groups in total. The minimum Gasteiger partial charge on any atom is -0.470 e. The Balaban J connectivity index is 1.67. The monoisotopic (exact) mass is 518 g/mol. The van der Waals surface area contributed by atoms with Crippen LogP contribution < -0.4 is 19.3 Å². The van der Waals surface area contributed by atoms with Crippen molar-refractivity contribution >= 4 is 34.5 Å². The summed E-state index contributed by atoms with van der Waals surface area (Å²) in [5.74, 6) is -0.281. The molecular formula is C24H22F4N6O3. The molecule has 194 valence electrons. The van der Waals surface area contributed by atoms with E-state index in [4.69, 9.17) is 4.74 Å². The van der Waals surface area contributed by atoms with E-state index in [2.05, 4.69) is 19.8 Å². The molecule has 0 atom stereocenters. The summed E-state index contributed by atoms with van der Waals surface area (Å²) in [5.41, 5.74) is 2.25. The topological polar surface area (TPSA) is 85.6 Å². The number of aromatic nitrogens is 4. The third-order valence-electron chi connectivity index (χ3n) is 5.27. The number of nitrogens with zero attached hydrogens (tertiary/aromatic N) is 6. The quantitative estimate of drug-likeness (QED) is 0.213. The molecule has 0 saturated carbocycles. The zero-order chi connectivity index (χ0) is 26.5. The molecule has 2 heterocycles. The molecule has 37 heavy (non-hydrogen) atoms. The Kier molecular flexibility index (Phi) is 7.70. The standard InChI is InChI=1S/C24H22F4N6O3/c1-32(17-5-8-19-15(9-17)11-33(2)31-19)12-20-23(30-22(10-29-20)36-13-21(25)26)34(14-35)16-3-6-18(7-4-16)37-24(27)28/h3-11,14,21,24H,12-13H2,1-2H3. The van der Waals surface area contributed by atoms with Crippen molar-refractivity contribution in [3.63, 3.8) is 0 Å². The lowest BCUT2D eigenvalue weighted by Crippen LogP contribution is -2.23. The first kappa shape index (κ1) is 25.7. The number of alkyl halides is 4. The maximum atomic E-state index is 12.7. The first-order valence-corrected chi connectivity index (χ1v) is 10.9. The summed E-state index contributed by atoms with van der Waals surface area (Å²) in [6, 6.07) is 11.0. The number of carbonyl (C=O) groups excluding carboxylic acids is 1. The molecule has 0 bridgehead atoms. The second kappa shape index (κ2) is 11.1. The van der Waals surface area contributed by atoms with Crippen molar-refractivity contribution in [3.8, 4) is 11.6 Å². The van der Waals surface area contributed by atoms with E-state index in [9.17, 15) is 22.4 Å². The van der Waals surface area contributed by atoms with E-state index < -0.39 is 19.6 Å². The molecule has 1 amide bonds. The summed E-state index contributed by atoms with van der Waals surface area (Å²) in [7, 11) is 3.63. The minimum atomic E-state index is -3.00. The Bertz CT molecular complexity index is 1370. The molecule has 2 aromatic carbocycles. The van der Waals surface area contributed by atoms with Gasteiger partial charge in [0.15, 0.2) is 12.4 Å². The van der Waals surface area contributed by atoms with E-state index in [-0.39, 0.29) is 29.7 Å². The van der Waals surface area contributed by atoms with Crippen molar-refractivity contribution in [2.45, 2.75) is 19.6 Å². The van der Waals surface area contributed by atoms with Crippen LogP contribution in [-0.4, -0.2) is 52.9 Å². The molecule has 4 aromatic rings. The smallest absolute Gasteiger partial charge is 0.387 e. The van der Waals surface area contributed by atoms with E-state index in [1.54, 1.807) is 4.68 Å². The predicted octanol–water partition coefficient (Wildman–Crippen LogP) is 4.54. The summed E-state index contributed by atoms with van der Waals surface area (Å²) in [4.78, 5) is 23.7. The molecule has 4 rings (SSSR count). The number of fused-ring (bicyclic) bond motifs is 1. The number of hydrogen-bond donors (Lipinski definition) is 0. The van der Waals surface area contributed by atoms with Gasteiger partial charge in [-0.25, -0.2) is 13.8 Å². The lowest BCUT2D eigenvalue weighted by molar-refractivity contribution is -0.106. The molecule has 0 aliphatic carbocycles. The zero-order valence-corrected chi connectivity index (χ0v) is 19.8. The average Bonchev–Trinajstić information content (AvgIpc) is 3.24. The van der Waals surface area contributed by atoms with Gasteiger partial charge in [0.1, 0.15) is 11.4 Å². The Morgan fingerprint density at radius 1 is 1.08 bits per heavy atom. The van der Waals surface area contributed by atoms with Crippen LogP contribution in [0, 0.1) is 0 Å². The lowest BCUT2D eigenvalue weighted by atomic mass is 10.2. The summed E-state index contributed by atoms with van der Waals surface area (Å²) in [5, 5.41) is 5.28. The van der Waals surface area contributed by atoms with Crippen molar-refractivity contribution in [2.75, 3.05) is 23.5 Å². The van der Waals surface area contributed by atoms with E-state index in [0.717, 1.165) is 21.5 Å². The Morgan fingerprint density at radius 3 is 2.49 bits per heavy atom. The lowest BCUT2D eigenvalue weighted by Gasteiger charge is -2.24. The predicted molar refractivity (Wildman–Crippen MR) is 128 cm³/mol. The third kappa shape index (κ3) is 6.23. The van der Waals surface area contributed by atoms with Gasteiger partial charge in [-0.3, -0.25) is 14.4 Å². The maximum Gasteiger partial charge on any atom is 0.387 e. The van der Waals surface area contributed by atoms with Crippen LogP contribution in [0.2, 0.25) is 0 Å². The average molecular weight is 518 g/mol. The van der Waals surface area contributed by atoms with Crippen LogP contribution in [-0.2, 0) is 18.4 Å². The first-order chi connectivity index (χ1) is 17.7. The fourth-order valence-corrected chi connectivity index (χ4v) is 3.62. The Hall–Kier alpha value is -4.42. The van der Waals surface area contributed by atoms with E-state index >= 15 is 0 Å². The number of anilines is 3. The highest BCUT2D eigenvalue weighted by molar-refractivity contribution is 5.86. The molecule has 0 aliphatic rings. The molecule has 13 heteroatoms. The Morgan fingerprint density at radius 2 is 1.81 bits per heavy atom. The largest absolute Gasteiger partial charge is 0.470 e. The Labute approximate surface area is 208 Å². The number of rotatable bonds is 11. The van der Waals surface area contributed by atoms with Gasteiger partial charge in [-0.2, -0.15) is 18.9 Å². The van der Waals surface area contributed by atoms with Crippen LogP contribution in [0.4, 0.5) is 34.8 Å². The number of benzene rings is 2. The summed E-state index contributed by atoms with van der Waals surface area (Å²) < 4.78 is 61.4. The summed E-state index contributed by atoms with van der Waals surface area (Å²) in [6.07, 6.45) is 0.794. The van der Waals surface area contributed by atoms with Crippen molar-refractivity contribution in [2.24, 2.45) is 7.05 Å². The second-order valence-electron chi connectivity index (χ2n) is 7.93. The van der Waals surface area contributed by atoms with Crippen LogP contribution in [0.5, 0.6) is 11.6 Å². The third-order valence-corrected chi connectivity index (χ3v) is 5.27. The van der Waals surface area contributed by atoms with Gasteiger partial charge in [0, 0.05) is 31.4 Å². The fourth-order valence-electron chi connectivity index (χ4n) is 3.62. The molecule has 0 aliphatic heterocycles. The fraction of sp³-hybridized carbons (Fsp3) is 0.250. The van der Waals surface area contributed by atoms with Crippen molar-refractivity contribution < 1.29 is 31.8 Å². The highest BCUT2D eigenvalue weighted by atomic mass is 19.3. The van der Waals surface area contributed by atoms with Gasteiger partial charge in [-0.1, -0.05) is 0 Å².